The van der Waals surface area contributed by atoms with E-state index in [2.05, 4.69) is 9.97 Å². The summed E-state index contributed by atoms with van der Waals surface area (Å²) >= 11 is 0. The van der Waals surface area contributed by atoms with Crippen molar-refractivity contribution in [1.82, 2.24) is 24.6 Å². The van der Waals surface area contributed by atoms with Crippen molar-refractivity contribution in [3.63, 3.8) is 0 Å². The Kier molecular flexibility index (Phi) is 7.55. The maximum atomic E-state index is 13.2. The lowest BCUT2D eigenvalue weighted by Crippen LogP contribution is -2.40. The van der Waals surface area contributed by atoms with Gasteiger partial charge >= 0.3 is 0 Å². The predicted molar refractivity (Wildman–Crippen MR) is 166 cm³/mol. The molecular formula is C33H33N7O2. The number of rotatable bonds is 7. The van der Waals surface area contributed by atoms with Crippen LogP contribution in [-0.4, -0.2) is 57.7 Å². The largest absolute Gasteiger partial charge is 0.457 e. The number of nitrogens with two attached hydrogens (primary N) is 1. The van der Waals surface area contributed by atoms with Crippen LogP contribution >= 0.6 is 0 Å². The molecule has 0 saturated carbocycles. The van der Waals surface area contributed by atoms with Crippen LogP contribution in [0.2, 0.25) is 0 Å². The third-order valence-electron chi connectivity index (χ3n) is 7.51. The van der Waals surface area contributed by atoms with Crippen LogP contribution in [0.15, 0.2) is 91.3 Å². The number of para-hydroxylation sites is 1. The van der Waals surface area contributed by atoms with Gasteiger partial charge in [-0.2, -0.15) is 5.10 Å². The Bertz CT molecular complexity index is 1710. The summed E-state index contributed by atoms with van der Waals surface area (Å²) in [6.07, 6.45) is 6.73. The summed E-state index contributed by atoms with van der Waals surface area (Å²) in [5.41, 5.74) is 10.7. The molecule has 5 aromatic rings. The van der Waals surface area contributed by atoms with Crippen molar-refractivity contribution in [2.24, 2.45) is 0 Å². The van der Waals surface area contributed by atoms with Crippen LogP contribution in [0.1, 0.15) is 24.4 Å². The van der Waals surface area contributed by atoms with Crippen molar-refractivity contribution in [3.8, 4) is 22.8 Å². The van der Waals surface area contributed by atoms with Crippen LogP contribution in [-0.2, 0) is 4.79 Å². The van der Waals surface area contributed by atoms with Crippen LogP contribution in [0, 0.1) is 0 Å². The van der Waals surface area contributed by atoms with Gasteiger partial charge in [0.2, 0.25) is 5.91 Å². The van der Waals surface area contributed by atoms with Crippen molar-refractivity contribution in [1.29, 1.82) is 0 Å². The SMILES string of the molecule is CN(C)c1ccc(C=CC(=O)N2CCCC(n3nc(-c4ccc(Oc5ccccc5)cc4)c4c(N)ncnc43)C2)cc1. The number of hydrogen-bond donors (Lipinski definition) is 1. The maximum absolute atomic E-state index is 13.2. The molecule has 1 unspecified atom stereocenters. The standard InChI is InChI=1S/C33H33N7O2/c1-38(2)25-15-10-23(11-16-25)12-19-29(41)39-20-6-7-26(21-39)40-33-30(32(34)35-22-36-33)31(37-40)24-13-17-28(18-14-24)42-27-8-4-3-5-9-27/h3-5,8-19,22,26H,6-7,20-21H2,1-2H3,(H2,34,35,36). The minimum Gasteiger partial charge on any atom is -0.457 e. The quantitative estimate of drug-likeness (QED) is 0.251. The number of nitrogen functional groups attached to an aromatic ring is 1. The van der Waals surface area contributed by atoms with Gasteiger partial charge in [-0.05, 0) is 73.0 Å². The molecule has 1 fully saturated rings. The highest BCUT2D eigenvalue weighted by Crippen LogP contribution is 2.35. The highest BCUT2D eigenvalue weighted by molar-refractivity contribution is 5.98. The number of carbonyl (C=O) groups is 1. The number of piperidine rings is 1. The zero-order chi connectivity index (χ0) is 29.1. The molecule has 0 bridgehead atoms. The van der Waals surface area contributed by atoms with Crippen LogP contribution in [0.4, 0.5) is 11.5 Å². The summed E-state index contributed by atoms with van der Waals surface area (Å²) in [7, 11) is 4.01. The molecule has 9 nitrogen and oxygen atoms in total. The molecule has 0 spiro atoms. The molecule has 42 heavy (non-hydrogen) atoms. The number of nitrogens with zero attached hydrogens (tertiary/aromatic N) is 6. The number of fused-ring (bicyclic) bond motifs is 1. The summed E-state index contributed by atoms with van der Waals surface area (Å²) < 4.78 is 7.87. The number of hydrogen-bond acceptors (Lipinski definition) is 7. The lowest BCUT2D eigenvalue weighted by atomic mass is 10.1. The summed E-state index contributed by atoms with van der Waals surface area (Å²) in [6.45, 7) is 1.23. The molecule has 2 N–H and O–H groups in total. The Balaban J connectivity index is 1.23. The maximum Gasteiger partial charge on any atom is 0.246 e. The van der Waals surface area contributed by atoms with Gasteiger partial charge in [-0.25, -0.2) is 14.6 Å². The molecule has 3 aromatic carbocycles. The average Bonchev–Trinajstić information content (AvgIpc) is 3.42. The molecule has 3 heterocycles. The second-order valence-electron chi connectivity index (χ2n) is 10.6. The van der Waals surface area contributed by atoms with Crippen LogP contribution in [0.25, 0.3) is 28.4 Å². The molecule has 1 atom stereocenters. The van der Waals surface area contributed by atoms with E-state index in [1.807, 2.05) is 114 Å². The third kappa shape index (κ3) is 5.67. The Morgan fingerprint density at radius 2 is 1.71 bits per heavy atom. The number of carbonyl (C=O) groups excluding carboxylic acids is 1. The van der Waals surface area contributed by atoms with Gasteiger partial charge in [0.25, 0.3) is 0 Å². The number of aromatic nitrogens is 4. The van der Waals surface area contributed by atoms with Gasteiger partial charge in [0.15, 0.2) is 5.65 Å². The Morgan fingerprint density at radius 1 is 0.976 bits per heavy atom. The Labute approximate surface area is 244 Å². The summed E-state index contributed by atoms with van der Waals surface area (Å²) in [4.78, 5) is 25.9. The van der Waals surface area contributed by atoms with Crippen molar-refractivity contribution in [2.75, 3.05) is 37.8 Å². The average molecular weight is 560 g/mol. The zero-order valence-corrected chi connectivity index (χ0v) is 23.7. The van der Waals surface area contributed by atoms with E-state index < -0.39 is 0 Å². The number of ether oxygens (including phenoxy) is 1. The topological polar surface area (TPSA) is 102 Å². The predicted octanol–water partition coefficient (Wildman–Crippen LogP) is 5.81. The lowest BCUT2D eigenvalue weighted by Gasteiger charge is -2.32. The first-order valence-corrected chi connectivity index (χ1v) is 14.0. The van der Waals surface area contributed by atoms with Crippen molar-refractivity contribution in [3.05, 3.63) is 96.8 Å². The lowest BCUT2D eigenvalue weighted by molar-refractivity contribution is -0.127. The van der Waals surface area contributed by atoms with Crippen LogP contribution < -0.4 is 15.4 Å². The first-order chi connectivity index (χ1) is 20.5. The fourth-order valence-electron chi connectivity index (χ4n) is 5.27. The van der Waals surface area contributed by atoms with Crippen molar-refractivity contribution in [2.45, 2.75) is 18.9 Å². The zero-order valence-electron chi connectivity index (χ0n) is 23.7. The smallest absolute Gasteiger partial charge is 0.246 e. The van der Waals surface area contributed by atoms with E-state index in [4.69, 9.17) is 15.6 Å². The molecule has 1 saturated heterocycles. The Hall–Kier alpha value is -5.18. The van der Waals surface area contributed by atoms with Gasteiger partial charge in [0, 0.05) is 44.5 Å². The molecule has 1 aliphatic rings. The van der Waals surface area contributed by atoms with E-state index in [0.29, 0.717) is 35.6 Å². The first-order valence-electron chi connectivity index (χ1n) is 14.0. The molecule has 0 aliphatic carbocycles. The molecular weight excluding hydrogens is 526 g/mol. The molecule has 212 valence electrons. The summed E-state index contributed by atoms with van der Waals surface area (Å²) in [5.74, 6) is 1.85. The van der Waals surface area contributed by atoms with Gasteiger partial charge in [-0.1, -0.05) is 30.3 Å². The number of benzene rings is 3. The molecule has 2 aromatic heterocycles. The van der Waals surface area contributed by atoms with Crippen molar-refractivity contribution >= 4 is 34.5 Å². The minimum atomic E-state index is -0.0401. The van der Waals surface area contributed by atoms with Gasteiger partial charge in [0.1, 0.15) is 29.3 Å². The van der Waals surface area contributed by atoms with Gasteiger partial charge in [-0.15, -0.1) is 0 Å². The molecule has 9 heteroatoms. The summed E-state index contributed by atoms with van der Waals surface area (Å²) in [6, 6.07) is 25.5. The van der Waals surface area contributed by atoms with Gasteiger partial charge in [0.05, 0.1) is 11.4 Å². The molecule has 0 radical (unpaired) electrons. The fraction of sp³-hybridized carbons (Fsp3) is 0.212. The van der Waals surface area contributed by atoms with E-state index >= 15 is 0 Å². The van der Waals surface area contributed by atoms with Crippen molar-refractivity contribution < 1.29 is 9.53 Å². The van der Waals surface area contributed by atoms with E-state index in [0.717, 1.165) is 41.2 Å². The van der Waals surface area contributed by atoms with E-state index in [1.165, 1.54) is 6.33 Å². The number of likely N-dealkylation sites (tertiary alicyclic amines) is 1. The molecule has 1 aliphatic heterocycles. The van der Waals surface area contributed by atoms with Gasteiger partial charge < -0.3 is 20.3 Å². The number of anilines is 2. The minimum absolute atomic E-state index is 0.0174. The molecule has 6 rings (SSSR count). The Morgan fingerprint density at radius 3 is 2.45 bits per heavy atom. The van der Waals surface area contributed by atoms with Gasteiger partial charge in [-0.3, -0.25) is 4.79 Å². The summed E-state index contributed by atoms with van der Waals surface area (Å²) in [5, 5.41) is 5.71. The van der Waals surface area contributed by atoms with Crippen LogP contribution in [0.3, 0.4) is 0 Å². The van der Waals surface area contributed by atoms with Crippen LogP contribution in [0.5, 0.6) is 11.5 Å². The highest BCUT2D eigenvalue weighted by atomic mass is 16.5. The normalized spacial score (nSPS) is 15.3. The molecule has 1 amide bonds. The fourth-order valence-corrected chi connectivity index (χ4v) is 5.27. The first kappa shape index (κ1) is 27.0. The monoisotopic (exact) mass is 559 g/mol. The van der Waals surface area contributed by atoms with E-state index in [-0.39, 0.29) is 11.9 Å². The van der Waals surface area contributed by atoms with E-state index in [9.17, 15) is 4.79 Å². The highest BCUT2D eigenvalue weighted by Gasteiger charge is 2.28. The number of amides is 1. The second-order valence-corrected chi connectivity index (χ2v) is 10.6. The second kappa shape index (κ2) is 11.7. The van der Waals surface area contributed by atoms with E-state index in [1.54, 1.807) is 6.08 Å². The third-order valence-corrected chi connectivity index (χ3v) is 7.51.